The summed E-state index contributed by atoms with van der Waals surface area (Å²) in [4.78, 5) is 14.3. The summed E-state index contributed by atoms with van der Waals surface area (Å²) in [6.45, 7) is 4.31. The first-order valence-corrected chi connectivity index (χ1v) is 10.3. The van der Waals surface area contributed by atoms with Gasteiger partial charge in [-0.15, -0.1) is 0 Å². The van der Waals surface area contributed by atoms with E-state index in [1.54, 1.807) is 0 Å². The molecule has 0 spiro atoms. The van der Waals surface area contributed by atoms with Crippen LogP contribution in [0.4, 0.5) is 10.5 Å². The van der Waals surface area contributed by atoms with Crippen molar-refractivity contribution >= 4 is 22.7 Å². The van der Waals surface area contributed by atoms with Crippen LogP contribution in [-0.4, -0.2) is 42.8 Å². The number of amides is 1. The zero-order valence-electron chi connectivity index (χ0n) is 17.0. The maximum Gasteiger partial charge on any atom is 0.411 e. The largest absolute Gasteiger partial charge is 0.450 e. The van der Waals surface area contributed by atoms with Crippen LogP contribution in [0.3, 0.4) is 0 Å². The van der Waals surface area contributed by atoms with Gasteiger partial charge in [0.25, 0.3) is 0 Å². The Morgan fingerprint density at radius 1 is 1.19 bits per heavy atom. The first kappa shape index (κ1) is 19.7. The molecule has 0 unspecified atom stereocenters. The van der Waals surface area contributed by atoms with Crippen LogP contribution in [0.5, 0.6) is 0 Å². The SMILES string of the molecule is CCOC(=O)Nc1cccc2c1c1c(n2CCCN(C)C)CCCCCC1. The first-order chi connectivity index (χ1) is 13.1. The standard InChI is InChI=1S/C22H33N3O2/c1-4-27-22(26)23-18-12-9-14-20-21(18)17-11-7-5-6-8-13-19(17)25(20)16-10-15-24(2)3/h9,12,14H,4-8,10-11,13,15-16H2,1-3H3,(H,23,26). The highest BCUT2D eigenvalue weighted by Gasteiger charge is 2.21. The van der Waals surface area contributed by atoms with Crippen LogP contribution in [0.1, 0.15) is 50.3 Å². The number of benzene rings is 1. The molecule has 148 valence electrons. The molecule has 1 aromatic heterocycles. The highest BCUT2D eigenvalue weighted by atomic mass is 16.5. The van der Waals surface area contributed by atoms with Crippen LogP contribution in [-0.2, 0) is 24.1 Å². The second-order valence-electron chi connectivity index (χ2n) is 7.69. The molecule has 27 heavy (non-hydrogen) atoms. The van der Waals surface area contributed by atoms with Gasteiger partial charge in [-0.1, -0.05) is 18.9 Å². The highest BCUT2D eigenvalue weighted by molar-refractivity contribution is 6.02. The first-order valence-electron chi connectivity index (χ1n) is 10.3. The molecule has 5 nitrogen and oxygen atoms in total. The Morgan fingerprint density at radius 2 is 1.96 bits per heavy atom. The molecule has 1 aromatic carbocycles. The molecule has 1 heterocycles. The molecule has 0 radical (unpaired) electrons. The van der Waals surface area contributed by atoms with E-state index in [0.29, 0.717) is 6.61 Å². The summed E-state index contributed by atoms with van der Waals surface area (Å²) in [6.07, 6.45) is 8.05. The summed E-state index contributed by atoms with van der Waals surface area (Å²) in [5.74, 6) is 0. The van der Waals surface area contributed by atoms with Crippen molar-refractivity contribution in [1.29, 1.82) is 0 Å². The van der Waals surface area contributed by atoms with E-state index >= 15 is 0 Å². The molecule has 0 atom stereocenters. The van der Waals surface area contributed by atoms with Gasteiger partial charge in [0.1, 0.15) is 0 Å². The predicted molar refractivity (Wildman–Crippen MR) is 112 cm³/mol. The Bertz CT molecular complexity index is 779. The minimum absolute atomic E-state index is 0.370. The third-order valence-electron chi connectivity index (χ3n) is 5.40. The predicted octanol–water partition coefficient (Wildman–Crippen LogP) is 4.82. The van der Waals surface area contributed by atoms with Crippen molar-refractivity contribution < 1.29 is 9.53 Å². The number of ether oxygens (including phenoxy) is 1. The average Bonchev–Trinajstić information content (AvgIpc) is 2.88. The lowest BCUT2D eigenvalue weighted by Crippen LogP contribution is -2.16. The van der Waals surface area contributed by atoms with E-state index < -0.39 is 0 Å². The fraction of sp³-hybridized carbons (Fsp3) is 0.591. The molecule has 1 amide bonds. The number of aryl methyl sites for hydroxylation is 2. The number of rotatable bonds is 6. The van der Waals surface area contributed by atoms with E-state index in [4.69, 9.17) is 4.74 Å². The van der Waals surface area contributed by atoms with Gasteiger partial charge in [-0.25, -0.2) is 4.79 Å². The number of fused-ring (bicyclic) bond motifs is 3. The van der Waals surface area contributed by atoms with E-state index in [1.807, 2.05) is 19.1 Å². The van der Waals surface area contributed by atoms with E-state index in [-0.39, 0.29) is 6.09 Å². The van der Waals surface area contributed by atoms with Gasteiger partial charge in [0.2, 0.25) is 0 Å². The topological polar surface area (TPSA) is 46.5 Å². The number of nitrogens with zero attached hydrogens (tertiary/aromatic N) is 2. The quantitative estimate of drug-likeness (QED) is 0.792. The molecule has 0 aliphatic heterocycles. The summed E-state index contributed by atoms with van der Waals surface area (Å²) in [6, 6.07) is 6.24. The van der Waals surface area contributed by atoms with Crippen LogP contribution < -0.4 is 5.32 Å². The number of anilines is 1. The second kappa shape index (κ2) is 9.27. The van der Waals surface area contributed by atoms with Crippen LogP contribution in [0.15, 0.2) is 18.2 Å². The molecule has 0 saturated carbocycles. The summed E-state index contributed by atoms with van der Waals surface area (Å²) in [5, 5.41) is 4.19. The molecule has 0 bridgehead atoms. The smallest absolute Gasteiger partial charge is 0.411 e. The Balaban J connectivity index is 2.04. The minimum Gasteiger partial charge on any atom is -0.450 e. The summed E-state index contributed by atoms with van der Waals surface area (Å²) < 4.78 is 7.63. The van der Waals surface area contributed by atoms with Gasteiger partial charge < -0.3 is 14.2 Å². The molecule has 1 N–H and O–H groups in total. The van der Waals surface area contributed by atoms with E-state index in [9.17, 15) is 4.79 Å². The van der Waals surface area contributed by atoms with Crippen molar-refractivity contribution in [2.24, 2.45) is 0 Å². The van der Waals surface area contributed by atoms with Gasteiger partial charge in [-0.3, -0.25) is 5.32 Å². The lowest BCUT2D eigenvalue weighted by molar-refractivity contribution is 0.168. The minimum atomic E-state index is -0.370. The van der Waals surface area contributed by atoms with E-state index in [2.05, 4.69) is 34.9 Å². The monoisotopic (exact) mass is 371 g/mol. The number of carbonyl (C=O) groups is 1. The van der Waals surface area contributed by atoms with Crippen molar-refractivity contribution in [3.63, 3.8) is 0 Å². The van der Waals surface area contributed by atoms with Crippen molar-refractivity contribution in [1.82, 2.24) is 9.47 Å². The van der Waals surface area contributed by atoms with Crippen LogP contribution >= 0.6 is 0 Å². The van der Waals surface area contributed by atoms with Crippen molar-refractivity contribution in [2.75, 3.05) is 32.6 Å². The van der Waals surface area contributed by atoms with Crippen LogP contribution in [0, 0.1) is 0 Å². The van der Waals surface area contributed by atoms with E-state index in [0.717, 1.165) is 38.0 Å². The van der Waals surface area contributed by atoms with Crippen molar-refractivity contribution in [3.8, 4) is 0 Å². The lowest BCUT2D eigenvalue weighted by atomic mass is 9.96. The molecule has 1 aliphatic carbocycles. The van der Waals surface area contributed by atoms with Crippen molar-refractivity contribution in [3.05, 3.63) is 29.5 Å². The van der Waals surface area contributed by atoms with Crippen LogP contribution in [0.2, 0.25) is 0 Å². The van der Waals surface area contributed by atoms with Gasteiger partial charge in [-0.2, -0.15) is 0 Å². The molecule has 0 fully saturated rings. The van der Waals surface area contributed by atoms with Gasteiger partial charge in [-0.05, 0) is 77.4 Å². The Kier molecular flexibility index (Phi) is 6.78. The third-order valence-corrected chi connectivity index (χ3v) is 5.40. The van der Waals surface area contributed by atoms with Crippen molar-refractivity contribution in [2.45, 2.75) is 58.4 Å². The summed E-state index contributed by atoms with van der Waals surface area (Å²) in [5.41, 5.74) is 5.03. The zero-order chi connectivity index (χ0) is 19.2. The summed E-state index contributed by atoms with van der Waals surface area (Å²) >= 11 is 0. The Labute approximate surface area is 162 Å². The van der Waals surface area contributed by atoms with Crippen LogP contribution in [0.25, 0.3) is 10.9 Å². The zero-order valence-corrected chi connectivity index (χ0v) is 17.0. The highest BCUT2D eigenvalue weighted by Crippen LogP contribution is 2.36. The normalized spacial score (nSPS) is 14.7. The number of hydrogen-bond donors (Lipinski definition) is 1. The average molecular weight is 372 g/mol. The Morgan fingerprint density at radius 3 is 2.70 bits per heavy atom. The molecule has 2 aromatic rings. The lowest BCUT2D eigenvalue weighted by Gasteiger charge is -2.16. The van der Waals surface area contributed by atoms with Gasteiger partial charge in [0.15, 0.2) is 0 Å². The number of carbonyl (C=O) groups excluding carboxylic acids is 1. The Hall–Kier alpha value is -2.01. The molecular formula is C22H33N3O2. The molecule has 0 saturated heterocycles. The van der Waals surface area contributed by atoms with Gasteiger partial charge in [0.05, 0.1) is 17.8 Å². The maximum absolute atomic E-state index is 12.1. The number of nitrogens with one attached hydrogen (secondary N) is 1. The van der Waals surface area contributed by atoms with Gasteiger partial charge in [0, 0.05) is 17.6 Å². The molecule has 1 aliphatic rings. The fourth-order valence-corrected chi connectivity index (χ4v) is 4.22. The fourth-order valence-electron chi connectivity index (χ4n) is 4.22. The summed E-state index contributed by atoms with van der Waals surface area (Å²) in [7, 11) is 4.25. The van der Waals surface area contributed by atoms with E-state index in [1.165, 1.54) is 47.8 Å². The number of hydrogen-bond acceptors (Lipinski definition) is 3. The maximum atomic E-state index is 12.1. The molecular weight excluding hydrogens is 338 g/mol. The number of aromatic nitrogens is 1. The molecule has 3 rings (SSSR count). The molecule has 5 heteroatoms. The van der Waals surface area contributed by atoms with Gasteiger partial charge >= 0.3 is 6.09 Å². The second-order valence-corrected chi connectivity index (χ2v) is 7.69. The third kappa shape index (κ3) is 4.64.